The van der Waals surface area contributed by atoms with Gasteiger partial charge in [-0.3, -0.25) is 4.79 Å². The third-order valence-electron chi connectivity index (χ3n) is 5.43. The third-order valence-corrected chi connectivity index (χ3v) is 5.43. The van der Waals surface area contributed by atoms with E-state index in [-0.39, 0.29) is 11.3 Å². The number of carbonyl (C=O) groups is 1. The number of aromatic nitrogens is 1. The number of halogens is 3. The van der Waals surface area contributed by atoms with Crippen LogP contribution in [0.25, 0.3) is 11.1 Å². The Labute approximate surface area is 193 Å². The Bertz CT molecular complexity index is 860. The fourth-order valence-corrected chi connectivity index (χ4v) is 3.73. The fourth-order valence-electron chi connectivity index (χ4n) is 3.73. The topological polar surface area (TPSA) is 71.5 Å². The molecule has 0 aliphatic heterocycles. The van der Waals surface area contributed by atoms with Crippen LogP contribution in [0.15, 0.2) is 36.5 Å². The lowest BCUT2D eigenvalue weighted by molar-refractivity contribution is -0.137. The number of ether oxygens (including phenoxy) is 1. The molecule has 0 bridgehead atoms. The van der Waals surface area contributed by atoms with Gasteiger partial charge in [-0.2, -0.15) is 13.2 Å². The molecule has 0 radical (unpaired) electrons. The zero-order valence-corrected chi connectivity index (χ0v) is 19.3. The standard InChI is InChI=1S/C23H29F3N2O.C2H4O2/c1-2-3-13-29-19-10-11-20(21(14-19)23(24,25)26)18-9-12-22(28-16-18)27-15-17-7-5-4-6-8-17;1-2(3)4/h9-12,14,16-17H,2-8,13,15H2,1H3,(H,27,28);1H3,(H,3,4). The Morgan fingerprint density at radius 3 is 2.45 bits per heavy atom. The molecule has 2 N–H and O–H groups in total. The molecule has 1 saturated carbocycles. The maximum absolute atomic E-state index is 13.6. The van der Waals surface area contributed by atoms with E-state index < -0.39 is 17.7 Å². The van der Waals surface area contributed by atoms with E-state index in [1.807, 2.05) is 6.92 Å². The second-order valence-electron chi connectivity index (χ2n) is 8.24. The first-order valence-electron chi connectivity index (χ1n) is 11.4. The molecule has 1 aromatic carbocycles. The lowest BCUT2D eigenvalue weighted by Crippen LogP contribution is -2.17. The van der Waals surface area contributed by atoms with Crippen molar-refractivity contribution in [1.29, 1.82) is 0 Å². The highest BCUT2D eigenvalue weighted by Gasteiger charge is 2.34. The highest BCUT2D eigenvalue weighted by atomic mass is 19.4. The third kappa shape index (κ3) is 9.32. The molecule has 5 nitrogen and oxygen atoms in total. The molecule has 0 amide bonds. The average Bonchev–Trinajstić information content (AvgIpc) is 2.78. The minimum Gasteiger partial charge on any atom is -0.494 e. The Hall–Kier alpha value is -2.77. The summed E-state index contributed by atoms with van der Waals surface area (Å²) in [4.78, 5) is 13.3. The molecule has 182 valence electrons. The van der Waals surface area contributed by atoms with Crippen LogP contribution >= 0.6 is 0 Å². The predicted molar refractivity (Wildman–Crippen MR) is 123 cm³/mol. The number of carboxylic acid groups (broad SMARTS) is 1. The monoisotopic (exact) mass is 466 g/mol. The van der Waals surface area contributed by atoms with Crippen molar-refractivity contribution >= 4 is 11.8 Å². The maximum atomic E-state index is 13.6. The van der Waals surface area contributed by atoms with Crippen LogP contribution in [0.2, 0.25) is 0 Å². The first-order valence-corrected chi connectivity index (χ1v) is 11.4. The number of carboxylic acids is 1. The van der Waals surface area contributed by atoms with Gasteiger partial charge in [-0.25, -0.2) is 4.98 Å². The summed E-state index contributed by atoms with van der Waals surface area (Å²) in [6.07, 6.45) is 5.10. The molecule has 3 rings (SSSR count). The largest absolute Gasteiger partial charge is 0.494 e. The van der Waals surface area contributed by atoms with Gasteiger partial charge in [0.2, 0.25) is 0 Å². The molecule has 1 heterocycles. The lowest BCUT2D eigenvalue weighted by atomic mass is 9.89. The van der Waals surface area contributed by atoms with Crippen molar-refractivity contribution < 1.29 is 27.8 Å². The normalized spacial score (nSPS) is 14.2. The maximum Gasteiger partial charge on any atom is 0.417 e. The highest BCUT2D eigenvalue weighted by molar-refractivity contribution is 5.69. The van der Waals surface area contributed by atoms with Crippen LogP contribution in [0.3, 0.4) is 0 Å². The van der Waals surface area contributed by atoms with Gasteiger partial charge >= 0.3 is 6.18 Å². The quantitative estimate of drug-likeness (QED) is 0.409. The molecule has 33 heavy (non-hydrogen) atoms. The zero-order valence-electron chi connectivity index (χ0n) is 19.3. The lowest BCUT2D eigenvalue weighted by Gasteiger charge is -2.22. The summed E-state index contributed by atoms with van der Waals surface area (Å²) in [6, 6.07) is 7.59. The molecule has 1 aliphatic carbocycles. The molecule has 0 unspecified atom stereocenters. The van der Waals surface area contributed by atoms with Crippen molar-refractivity contribution in [2.75, 3.05) is 18.5 Å². The SMILES string of the molecule is CC(=O)O.CCCCOc1ccc(-c2ccc(NCC3CCCCC3)nc2)c(C(F)(F)F)c1. The average molecular weight is 467 g/mol. The second kappa shape index (κ2) is 13.1. The van der Waals surface area contributed by atoms with Crippen molar-refractivity contribution in [3.05, 3.63) is 42.1 Å². The summed E-state index contributed by atoms with van der Waals surface area (Å²) in [6.45, 7) is 4.37. The number of anilines is 1. The minimum atomic E-state index is -4.46. The summed E-state index contributed by atoms with van der Waals surface area (Å²) >= 11 is 0. The Balaban J connectivity index is 0.000000890. The highest BCUT2D eigenvalue weighted by Crippen LogP contribution is 2.39. The van der Waals surface area contributed by atoms with E-state index in [1.54, 1.807) is 18.2 Å². The van der Waals surface area contributed by atoms with Crippen molar-refractivity contribution in [2.45, 2.75) is 65.0 Å². The number of benzene rings is 1. The van der Waals surface area contributed by atoms with Crippen molar-refractivity contribution in [2.24, 2.45) is 5.92 Å². The Morgan fingerprint density at radius 1 is 1.18 bits per heavy atom. The molecule has 1 fully saturated rings. The molecule has 2 aromatic rings. The number of hydrogen-bond donors (Lipinski definition) is 2. The Kier molecular flexibility index (Phi) is 10.5. The van der Waals surface area contributed by atoms with Crippen molar-refractivity contribution in [1.82, 2.24) is 4.98 Å². The molecule has 0 spiro atoms. The predicted octanol–water partition coefficient (Wildman–Crippen LogP) is 7.03. The number of alkyl halides is 3. The summed E-state index contributed by atoms with van der Waals surface area (Å²) in [7, 11) is 0. The Morgan fingerprint density at radius 2 is 1.88 bits per heavy atom. The van der Waals surface area contributed by atoms with E-state index in [9.17, 15) is 13.2 Å². The summed E-state index contributed by atoms with van der Waals surface area (Å²) in [5.41, 5.74) is -0.136. The molecule has 1 aromatic heterocycles. The smallest absolute Gasteiger partial charge is 0.417 e. The fraction of sp³-hybridized carbons (Fsp3) is 0.520. The molecule has 1 aliphatic rings. The van der Waals surface area contributed by atoms with Gasteiger partial charge in [0.05, 0.1) is 12.2 Å². The van der Waals surface area contributed by atoms with Crippen molar-refractivity contribution in [3.63, 3.8) is 0 Å². The molecule has 8 heteroatoms. The van der Waals surface area contributed by atoms with Crippen LogP contribution in [-0.4, -0.2) is 29.2 Å². The zero-order chi connectivity index (χ0) is 24.3. The molecular weight excluding hydrogens is 433 g/mol. The van der Waals surface area contributed by atoms with E-state index in [2.05, 4.69) is 10.3 Å². The number of nitrogens with zero attached hydrogens (tertiary/aromatic N) is 1. The van der Waals surface area contributed by atoms with E-state index in [1.165, 1.54) is 44.4 Å². The molecule has 0 atom stereocenters. The first-order chi connectivity index (χ1) is 15.7. The molecule has 0 saturated heterocycles. The van der Waals surface area contributed by atoms with Gasteiger partial charge in [0, 0.05) is 25.2 Å². The number of nitrogens with one attached hydrogen (secondary N) is 1. The van der Waals surface area contributed by atoms with E-state index in [0.29, 0.717) is 23.9 Å². The second-order valence-corrected chi connectivity index (χ2v) is 8.24. The summed E-state index contributed by atoms with van der Waals surface area (Å²) < 4.78 is 46.3. The van der Waals surface area contributed by atoms with E-state index in [4.69, 9.17) is 14.6 Å². The van der Waals surface area contributed by atoms with Gasteiger partial charge in [0.15, 0.2) is 0 Å². The number of pyridine rings is 1. The number of unbranched alkanes of at least 4 members (excludes halogenated alkanes) is 1. The number of hydrogen-bond acceptors (Lipinski definition) is 4. The van der Waals surface area contributed by atoms with E-state index >= 15 is 0 Å². The van der Waals surface area contributed by atoms with Crippen LogP contribution in [0.4, 0.5) is 19.0 Å². The van der Waals surface area contributed by atoms with E-state index in [0.717, 1.165) is 32.4 Å². The summed E-state index contributed by atoms with van der Waals surface area (Å²) in [5.74, 6) is 0.767. The summed E-state index contributed by atoms with van der Waals surface area (Å²) in [5, 5.41) is 10.7. The molecular formula is C25H33F3N2O3. The van der Waals surface area contributed by atoms with Crippen molar-refractivity contribution in [3.8, 4) is 16.9 Å². The minimum absolute atomic E-state index is 0.117. The van der Waals surface area contributed by atoms with Gasteiger partial charge in [0.25, 0.3) is 5.97 Å². The van der Waals surface area contributed by atoms with Crippen LogP contribution in [0, 0.1) is 5.92 Å². The van der Waals surface area contributed by atoms with Crippen LogP contribution in [-0.2, 0) is 11.0 Å². The van der Waals surface area contributed by atoms with Gasteiger partial charge in [-0.15, -0.1) is 0 Å². The first kappa shape index (κ1) is 26.5. The van der Waals surface area contributed by atoms with Gasteiger partial charge < -0.3 is 15.2 Å². The van der Waals surface area contributed by atoms with Crippen LogP contribution in [0.5, 0.6) is 5.75 Å². The van der Waals surface area contributed by atoms with Gasteiger partial charge in [-0.05, 0) is 55.0 Å². The number of aliphatic carboxylic acids is 1. The van der Waals surface area contributed by atoms with Crippen LogP contribution in [0.1, 0.15) is 64.4 Å². The van der Waals surface area contributed by atoms with Gasteiger partial charge in [0.1, 0.15) is 11.6 Å². The number of rotatable bonds is 8. The van der Waals surface area contributed by atoms with Gasteiger partial charge in [-0.1, -0.05) is 38.7 Å². The van der Waals surface area contributed by atoms with Crippen LogP contribution < -0.4 is 10.1 Å².